The van der Waals surface area contributed by atoms with Gasteiger partial charge in [0.15, 0.2) is 0 Å². The monoisotopic (exact) mass is 568 g/mol. The molecule has 0 bridgehead atoms. The molecule has 44 heavy (non-hydrogen) atoms. The van der Waals surface area contributed by atoms with Gasteiger partial charge in [-0.05, 0) is 36.8 Å². The zero-order chi connectivity index (χ0) is 29.0. The number of nitrogens with zero attached hydrogens (tertiary/aromatic N) is 3. The Kier molecular flexibility index (Phi) is 5.63. The van der Waals surface area contributed by atoms with Crippen LogP contribution in [0.15, 0.2) is 154 Å². The number of nitrogens with one attached hydrogen (secondary N) is 1. The van der Waals surface area contributed by atoms with Crippen LogP contribution < -0.4 is 5.32 Å². The smallest absolute Gasteiger partial charge is 0.148 e. The largest absolute Gasteiger partial charge is 0.456 e. The molecule has 2 atom stereocenters. The van der Waals surface area contributed by atoms with Gasteiger partial charge in [-0.3, -0.25) is 0 Å². The van der Waals surface area contributed by atoms with Crippen LogP contribution >= 0.6 is 0 Å². The van der Waals surface area contributed by atoms with Gasteiger partial charge < -0.3 is 14.3 Å². The first-order valence-corrected chi connectivity index (χ1v) is 15.1. The topological polar surface area (TPSA) is 54.8 Å². The Morgan fingerprint density at radius 3 is 2.25 bits per heavy atom. The molecule has 0 saturated carbocycles. The first kappa shape index (κ1) is 24.9. The molecule has 2 aromatic heterocycles. The van der Waals surface area contributed by atoms with Crippen LogP contribution in [-0.2, 0) is 0 Å². The Balaban J connectivity index is 1.20. The van der Waals surface area contributed by atoms with E-state index in [2.05, 4.69) is 125 Å². The normalized spacial score (nSPS) is 18.2. The van der Waals surface area contributed by atoms with Crippen molar-refractivity contribution in [1.82, 2.24) is 9.88 Å². The van der Waals surface area contributed by atoms with Crippen LogP contribution in [0.1, 0.15) is 23.7 Å². The molecule has 1 N–H and O–H groups in total. The van der Waals surface area contributed by atoms with Crippen LogP contribution in [0.4, 0.5) is 0 Å². The van der Waals surface area contributed by atoms with Crippen molar-refractivity contribution >= 4 is 55.4 Å². The summed E-state index contributed by atoms with van der Waals surface area (Å²) in [6, 6.07) is 40.3. The molecule has 210 valence electrons. The summed E-state index contributed by atoms with van der Waals surface area (Å²) in [7, 11) is 0. The maximum absolute atomic E-state index is 6.56. The fraction of sp³-hybridized carbons (Fsp3) is 0.0769. The molecule has 5 heteroatoms. The Bertz CT molecular complexity index is 2300. The number of fused-ring (bicyclic) bond motifs is 6. The fourth-order valence-electron chi connectivity index (χ4n) is 6.72. The van der Waals surface area contributed by atoms with Gasteiger partial charge in [0.1, 0.15) is 29.0 Å². The summed E-state index contributed by atoms with van der Waals surface area (Å²) in [5.74, 6) is 1.81. The van der Waals surface area contributed by atoms with Gasteiger partial charge in [0.05, 0.1) is 11.0 Å². The Morgan fingerprint density at radius 2 is 1.48 bits per heavy atom. The summed E-state index contributed by atoms with van der Waals surface area (Å²) >= 11 is 0. The lowest BCUT2D eigenvalue weighted by Gasteiger charge is -2.26. The van der Waals surface area contributed by atoms with Crippen molar-refractivity contribution in [1.29, 1.82) is 0 Å². The number of aliphatic imine (C=N–C) groups is 2. The second kappa shape index (κ2) is 9.96. The van der Waals surface area contributed by atoms with Crippen molar-refractivity contribution < 1.29 is 4.42 Å². The van der Waals surface area contributed by atoms with Crippen LogP contribution in [0, 0.1) is 5.92 Å². The van der Waals surface area contributed by atoms with Gasteiger partial charge in [-0.1, -0.05) is 103 Å². The lowest BCUT2D eigenvalue weighted by Crippen LogP contribution is -2.35. The van der Waals surface area contributed by atoms with E-state index >= 15 is 0 Å². The summed E-state index contributed by atoms with van der Waals surface area (Å²) in [4.78, 5) is 10.2. The van der Waals surface area contributed by atoms with Gasteiger partial charge in [0.2, 0.25) is 0 Å². The average Bonchev–Trinajstić information content (AvgIpc) is 3.64. The second-order valence-corrected chi connectivity index (χ2v) is 11.4. The predicted octanol–water partition coefficient (Wildman–Crippen LogP) is 9.26. The van der Waals surface area contributed by atoms with Crippen LogP contribution in [-0.4, -0.2) is 16.2 Å². The van der Waals surface area contributed by atoms with E-state index in [-0.39, 0.29) is 12.1 Å². The zero-order valence-corrected chi connectivity index (χ0v) is 23.9. The highest BCUT2D eigenvalue weighted by Gasteiger charge is 2.26. The molecule has 1 aliphatic carbocycles. The number of aromatic nitrogens is 1. The standard InChI is InChI=1S/C39H28N4O/c1-3-12-25(13-4-1)37-40-38(26-14-5-2-6-15-26)42-39(41-37)31-18-11-21-34-36(31)30-23-22-27(24-35(30)44-34)43-32-19-9-7-16-28(32)29-17-8-10-20-33(29)43/h1-14,16-24,26,39H,15H2,(H,40,41,42). The van der Waals surface area contributed by atoms with E-state index in [1.165, 1.54) is 21.8 Å². The lowest BCUT2D eigenvalue weighted by molar-refractivity contribution is 0.655. The molecule has 0 fully saturated rings. The highest BCUT2D eigenvalue weighted by molar-refractivity contribution is 6.12. The van der Waals surface area contributed by atoms with Gasteiger partial charge in [0, 0.05) is 50.3 Å². The predicted molar refractivity (Wildman–Crippen MR) is 181 cm³/mol. The maximum Gasteiger partial charge on any atom is 0.148 e. The molecule has 0 radical (unpaired) electrons. The van der Waals surface area contributed by atoms with Crippen molar-refractivity contribution in [3.05, 3.63) is 151 Å². The minimum Gasteiger partial charge on any atom is -0.456 e. The Labute approximate surface area is 254 Å². The zero-order valence-electron chi connectivity index (χ0n) is 23.9. The molecule has 2 aliphatic rings. The molecule has 7 aromatic rings. The Hall–Kier alpha value is -5.68. The van der Waals surface area contributed by atoms with Gasteiger partial charge >= 0.3 is 0 Å². The number of allylic oxidation sites excluding steroid dienone is 3. The Morgan fingerprint density at radius 1 is 0.705 bits per heavy atom. The van der Waals surface area contributed by atoms with E-state index in [0.717, 1.165) is 56.8 Å². The highest BCUT2D eigenvalue weighted by Crippen LogP contribution is 2.38. The van der Waals surface area contributed by atoms with Crippen molar-refractivity contribution in [3.8, 4) is 5.69 Å². The minimum atomic E-state index is -0.307. The van der Waals surface area contributed by atoms with Crippen molar-refractivity contribution in [2.24, 2.45) is 15.9 Å². The van der Waals surface area contributed by atoms with Crippen molar-refractivity contribution in [2.75, 3.05) is 0 Å². The number of amidine groups is 2. The molecule has 2 unspecified atom stereocenters. The van der Waals surface area contributed by atoms with Gasteiger partial charge in [-0.15, -0.1) is 0 Å². The summed E-state index contributed by atoms with van der Waals surface area (Å²) in [5.41, 5.74) is 7.24. The molecule has 0 saturated heterocycles. The molecule has 5 nitrogen and oxygen atoms in total. The van der Waals surface area contributed by atoms with E-state index in [9.17, 15) is 0 Å². The summed E-state index contributed by atoms with van der Waals surface area (Å²) in [6.07, 6.45) is 9.13. The van der Waals surface area contributed by atoms with Crippen LogP contribution in [0.3, 0.4) is 0 Å². The third-order valence-corrected chi connectivity index (χ3v) is 8.77. The molecular formula is C39H28N4O. The van der Waals surface area contributed by atoms with Gasteiger partial charge in [0.25, 0.3) is 0 Å². The summed E-state index contributed by atoms with van der Waals surface area (Å²) < 4.78 is 8.89. The number of rotatable bonds is 4. The maximum atomic E-state index is 6.56. The minimum absolute atomic E-state index is 0.136. The van der Waals surface area contributed by atoms with E-state index in [1.807, 2.05) is 24.3 Å². The van der Waals surface area contributed by atoms with E-state index in [0.29, 0.717) is 0 Å². The van der Waals surface area contributed by atoms with Crippen molar-refractivity contribution in [2.45, 2.75) is 12.6 Å². The SMILES string of the molecule is C1=CCC(C2=NC(c3cccc4oc5cc(-n6c7ccccc7c7ccccc76)ccc5c34)NC(c3ccccc3)=N2)C=C1. The van der Waals surface area contributed by atoms with E-state index in [4.69, 9.17) is 14.4 Å². The van der Waals surface area contributed by atoms with Crippen LogP contribution in [0.25, 0.3) is 49.4 Å². The first-order chi connectivity index (χ1) is 21.8. The average molecular weight is 569 g/mol. The second-order valence-electron chi connectivity index (χ2n) is 11.4. The van der Waals surface area contributed by atoms with E-state index < -0.39 is 0 Å². The summed E-state index contributed by atoms with van der Waals surface area (Å²) in [6.45, 7) is 0. The number of hydrogen-bond acceptors (Lipinski definition) is 4. The molecule has 5 aromatic carbocycles. The molecule has 3 heterocycles. The third kappa shape index (κ3) is 3.93. The van der Waals surface area contributed by atoms with Gasteiger partial charge in [-0.2, -0.15) is 0 Å². The lowest BCUT2D eigenvalue weighted by atomic mass is 9.98. The van der Waals surface area contributed by atoms with Crippen LogP contribution in [0.5, 0.6) is 0 Å². The first-order valence-electron chi connectivity index (χ1n) is 15.1. The third-order valence-electron chi connectivity index (χ3n) is 8.77. The molecule has 1 aliphatic heterocycles. The quantitative estimate of drug-likeness (QED) is 0.230. The fourth-order valence-corrected chi connectivity index (χ4v) is 6.72. The number of para-hydroxylation sites is 2. The number of furan rings is 1. The van der Waals surface area contributed by atoms with Gasteiger partial charge in [-0.25, -0.2) is 9.98 Å². The number of benzene rings is 5. The molecule has 0 amide bonds. The van der Waals surface area contributed by atoms with E-state index in [1.54, 1.807) is 0 Å². The summed E-state index contributed by atoms with van der Waals surface area (Å²) in [5, 5.41) is 8.28. The molecule has 9 rings (SSSR count). The number of hydrogen-bond donors (Lipinski definition) is 1. The highest BCUT2D eigenvalue weighted by atomic mass is 16.3. The molecule has 0 spiro atoms. The molecular weight excluding hydrogens is 540 g/mol. The van der Waals surface area contributed by atoms with Crippen molar-refractivity contribution in [3.63, 3.8) is 0 Å². The van der Waals surface area contributed by atoms with Crippen LogP contribution in [0.2, 0.25) is 0 Å².